The van der Waals surface area contributed by atoms with Crippen molar-refractivity contribution in [3.8, 4) is 5.69 Å². The molecule has 0 aliphatic heterocycles. The number of alkyl halides is 6. The molecule has 0 bridgehead atoms. The summed E-state index contributed by atoms with van der Waals surface area (Å²) in [6.07, 6.45) is -8.64. The van der Waals surface area contributed by atoms with E-state index in [-0.39, 0.29) is 16.4 Å². The van der Waals surface area contributed by atoms with E-state index in [1.165, 1.54) is 30.5 Å². The monoisotopic (exact) mass is 427 g/mol. The van der Waals surface area contributed by atoms with Gasteiger partial charge in [-0.05, 0) is 29.8 Å². The van der Waals surface area contributed by atoms with Crippen molar-refractivity contribution in [1.82, 2.24) is 9.78 Å². The number of benzene rings is 2. The Morgan fingerprint density at radius 1 is 0.900 bits per heavy atom. The fourth-order valence-electron chi connectivity index (χ4n) is 2.61. The molecule has 0 aliphatic rings. The van der Waals surface area contributed by atoms with E-state index in [1.807, 2.05) is 6.07 Å². The van der Waals surface area contributed by atoms with Crippen LogP contribution in [0.5, 0.6) is 0 Å². The minimum absolute atomic E-state index is 0.0353. The Bertz CT molecular complexity index is 1040. The van der Waals surface area contributed by atoms with Crippen molar-refractivity contribution < 1.29 is 26.3 Å². The second kappa shape index (κ2) is 7.75. The molecule has 5 nitrogen and oxygen atoms in total. The van der Waals surface area contributed by atoms with Gasteiger partial charge in [0.25, 0.3) is 0 Å². The number of nitrogens with zero attached hydrogens (tertiary/aromatic N) is 3. The molecule has 0 saturated heterocycles. The van der Waals surface area contributed by atoms with Gasteiger partial charge in [0.05, 0.1) is 17.1 Å². The van der Waals surface area contributed by atoms with Gasteiger partial charge in [0, 0.05) is 12.3 Å². The molecule has 0 amide bonds. The Morgan fingerprint density at radius 3 is 2.03 bits per heavy atom. The fourth-order valence-corrected chi connectivity index (χ4v) is 2.61. The van der Waals surface area contributed by atoms with Gasteiger partial charge in [0.1, 0.15) is 5.69 Å². The van der Waals surface area contributed by atoms with E-state index in [9.17, 15) is 26.3 Å². The van der Waals surface area contributed by atoms with Crippen molar-refractivity contribution in [2.45, 2.75) is 12.4 Å². The molecule has 0 aliphatic carbocycles. The number of anilines is 1. The molecular formula is C19H15F6N5. The van der Waals surface area contributed by atoms with E-state index < -0.39 is 23.7 Å². The van der Waals surface area contributed by atoms with E-state index >= 15 is 0 Å². The van der Waals surface area contributed by atoms with E-state index in [4.69, 9.17) is 11.6 Å². The largest absolute Gasteiger partial charge is 0.435 e. The lowest BCUT2D eigenvalue weighted by atomic mass is 10.2. The average molecular weight is 427 g/mol. The summed E-state index contributed by atoms with van der Waals surface area (Å²) < 4.78 is 78.2. The summed E-state index contributed by atoms with van der Waals surface area (Å²) in [4.78, 5) is 0. The number of halogens is 6. The van der Waals surface area contributed by atoms with Crippen molar-refractivity contribution >= 4 is 11.4 Å². The van der Waals surface area contributed by atoms with Crippen LogP contribution in [0.15, 0.2) is 66.9 Å². The van der Waals surface area contributed by atoms with Gasteiger partial charge in [-0.25, -0.2) is 10.5 Å². The van der Waals surface area contributed by atoms with Crippen LogP contribution in [0.25, 0.3) is 11.4 Å². The van der Waals surface area contributed by atoms with E-state index in [2.05, 4.69) is 5.10 Å². The fraction of sp³-hybridized carbons (Fsp3) is 0.105. The number of rotatable bonds is 4. The highest BCUT2D eigenvalue weighted by molar-refractivity contribution is 5.66. The molecule has 1 heterocycles. The van der Waals surface area contributed by atoms with Gasteiger partial charge in [-0.1, -0.05) is 30.3 Å². The highest BCUT2D eigenvalue weighted by Gasteiger charge is 2.42. The summed E-state index contributed by atoms with van der Waals surface area (Å²) >= 11 is 0. The molecule has 0 atom stereocenters. The Morgan fingerprint density at radius 2 is 1.50 bits per heavy atom. The SMILES string of the molecule is N/C(=C\N(N)c1ccc(-n2nc(C(F)(F)F)cc2C(F)(F)F)cc1)c1ccccc1. The van der Waals surface area contributed by atoms with Gasteiger partial charge < -0.3 is 5.73 Å². The van der Waals surface area contributed by atoms with Crippen LogP contribution in [0.4, 0.5) is 32.0 Å². The molecule has 30 heavy (non-hydrogen) atoms. The summed E-state index contributed by atoms with van der Waals surface area (Å²) in [7, 11) is 0. The summed E-state index contributed by atoms with van der Waals surface area (Å²) in [5, 5.41) is 4.22. The molecule has 0 saturated carbocycles. The number of hydrogen-bond acceptors (Lipinski definition) is 4. The molecule has 3 rings (SSSR count). The highest BCUT2D eigenvalue weighted by atomic mass is 19.4. The molecule has 158 valence electrons. The number of hydrazine groups is 1. The molecule has 0 radical (unpaired) electrons. The second-order valence-corrected chi connectivity index (χ2v) is 6.20. The normalized spacial score (nSPS) is 12.8. The third-order valence-corrected chi connectivity index (χ3v) is 4.07. The van der Waals surface area contributed by atoms with Gasteiger partial charge >= 0.3 is 12.4 Å². The molecule has 0 fully saturated rings. The van der Waals surface area contributed by atoms with Crippen LogP contribution < -0.4 is 16.6 Å². The lowest BCUT2D eigenvalue weighted by Crippen LogP contribution is -2.25. The van der Waals surface area contributed by atoms with Gasteiger partial charge in [-0.15, -0.1) is 0 Å². The zero-order valence-electron chi connectivity index (χ0n) is 15.1. The van der Waals surface area contributed by atoms with Gasteiger partial charge in [0.15, 0.2) is 5.69 Å². The molecule has 0 spiro atoms. The van der Waals surface area contributed by atoms with Crippen molar-refractivity contribution in [3.05, 3.63) is 83.8 Å². The van der Waals surface area contributed by atoms with E-state index in [0.717, 1.165) is 5.01 Å². The molecule has 11 heteroatoms. The summed E-state index contributed by atoms with van der Waals surface area (Å²) in [5.74, 6) is 5.91. The van der Waals surface area contributed by atoms with Crippen LogP contribution in [-0.2, 0) is 12.4 Å². The first kappa shape index (κ1) is 21.2. The molecule has 3 aromatic rings. The summed E-state index contributed by atoms with van der Waals surface area (Å²) in [6, 6.07) is 13.9. The quantitative estimate of drug-likeness (QED) is 0.364. The maximum absolute atomic E-state index is 13.2. The van der Waals surface area contributed by atoms with Crippen LogP contribution in [-0.4, -0.2) is 9.78 Å². The zero-order valence-corrected chi connectivity index (χ0v) is 15.1. The van der Waals surface area contributed by atoms with Crippen LogP contribution in [0.3, 0.4) is 0 Å². The first-order chi connectivity index (χ1) is 14.0. The number of hydrogen-bond donors (Lipinski definition) is 2. The first-order valence-electron chi connectivity index (χ1n) is 8.38. The van der Waals surface area contributed by atoms with Crippen molar-refractivity contribution in [2.24, 2.45) is 11.6 Å². The predicted octanol–water partition coefficient (Wildman–Crippen LogP) is 4.55. The molecular weight excluding hydrogens is 412 g/mol. The number of aromatic nitrogens is 2. The summed E-state index contributed by atoms with van der Waals surface area (Å²) in [6.45, 7) is 0. The molecule has 0 unspecified atom stereocenters. The van der Waals surface area contributed by atoms with Crippen molar-refractivity contribution in [1.29, 1.82) is 0 Å². The van der Waals surface area contributed by atoms with Gasteiger partial charge in [-0.2, -0.15) is 31.4 Å². The van der Waals surface area contributed by atoms with E-state index in [1.54, 1.807) is 24.3 Å². The predicted molar refractivity (Wildman–Crippen MR) is 98.8 cm³/mol. The van der Waals surface area contributed by atoms with Crippen molar-refractivity contribution in [3.63, 3.8) is 0 Å². The average Bonchev–Trinajstić information content (AvgIpc) is 3.15. The minimum atomic E-state index is -5.03. The van der Waals surface area contributed by atoms with Gasteiger partial charge in [0.2, 0.25) is 0 Å². The zero-order chi connectivity index (χ0) is 22.1. The Labute approximate surface area is 166 Å². The van der Waals surface area contributed by atoms with Crippen LogP contribution in [0.2, 0.25) is 0 Å². The summed E-state index contributed by atoms with van der Waals surface area (Å²) in [5.41, 5.74) is 3.95. The highest BCUT2D eigenvalue weighted by Crippen LogP contribution is 2.36. The van der Waals surface area contributed by atoms with Crippen LogP contribution in [0, 0.1) is 0 Å². The maximum atomic E-state index is 13.2. The Balaban J connectivity index is 1.92. The second-order valence-electron chi connectivity index (χ2n) is 6.20. The van der Waals surface area contributed by atoms with Crippen LogP contribution in [0.1, 0.15) is 17.0 Å². The third-order valence-electron chi connectivity index (χ3n) is 4.07. The Hall–Kier alpha value is -3.47. The standard InChI is InChI=1S/C19H15F6N5/c20-18(21,22)16-10-17(19(23,24)25)30(28-16)14-8-6-13(7-9-14)29(27)11-15(26)12-4-2-1-3-5-12/h1-11H,26-27H2/b15-11-. The Kier molecular flexibility index (Phi) is 5.49. The van der Waals surface area contributed by atoms with Crippen LogP contribution >= 0.6 is 0 Å². The maximum Gasteiger partial charge on any atom is 0.435 e. The number of nitrogens with two attached hydrogens (primary N) is 2. The molecule has 1 aromatic heterocycles. The molecule has 4 N–H and O–H groups in total. The smallest absolute Gasteiger partial charge is 0.397 e. The first-order valence-corrected chi connectivity index (χ1v) is 8.38. The topological polar surface area (TPSA) is 73.1 Å². The molecule has 2 aromatic carbocycles. The lowest BCUT2D eigenvalue weighted by molar-refractivity contribution is -0.143. The lowest BCUT2D eigenvalue weighted by Gasteiger charge is -2.16. The van der Waals surface area contributed by atoms with Gasteiger partial charge in [-0.3, -0.25) is 5.01 Å². The minimum Gasteiger partial charge on any atom is -0.397 e. The third kappa shape index (κ3) is 4.57. The van der Waals surface area contributed by atoms with E-state index in [0.29, 0.717) is 16.9 Å². The van der Waals surface area contributed by atoms with Crippen molar-refractivity contribution in [2.75, 3.05) is 5.01 Å².